The van der Waals surface area contributed by atoms with Crippen molar-refractivity contribution in [1.29, 1.82) is 0 Å². The van der Waals surface area contributed by atoms with Gasteiger partial charge in [0.05, 0.1) is 11.6 Å². The van der Waals surface area contributed by atoms with Crippen LogP contribution >= 0.6 is 0 Å². The topological polar surface area (TPSA) is 58.6 Å². The molecule has 2 unspecified atom stereocenters. The SMILES string of the molecule is CCC(=O)N1CCCC1C(NC=O)OC(C)(C)C. The van der Waals surface area contributed by atoms with Crippen LogP contribution in [0.2, 0.25) is 0 Å². The normalized spacial score (nSPS) is 21.8. The average Bonchev–Trinajstić information content (AvgIpc) is 2.74. The molecule has 2 atom stereocenters. The molecule has 2 amide bonds. The van der Waals surface area contributed by atoms with Gasteiger partial charge >= 0.3 is 0 Å². The Kier molecular flexibility index (Phi) is 5.14. The molecule has 0 radical (unpaired) electrons. The van der Waals surface area contributed by atoms with E-state index in [1.54, 1.807) is 0 Å². The van der Waals surface area contributed by atoms with E-state index in [2.05, 4.69) is 5.32 Å². The molecule has 1 saturated heterocycles. The van der Waals surface area contributed by atoms with Crippen molar-refractivity contribution in [3.05, 3.63) is 0 Å². The number of carbonyl (C=O) groups excluding carboxylic acids is 2. The van der Waals surface area contributed by atoms with Gasteiger partial charge in [0.15, 0.2) is 6.23 Å². The lowest BCUT2D eigenvalue weighted by Crippen LogP contribution is -2.52. The predicted molar refractivity (Wildman–Crippen MR) is 68.9 cm³/mol. The number of nitrogens with zero attached hydrogens (tertiary/aromatic N) is 1. The summed E-state index contributed by atoms with van der Waals surface area (Å²) in [6.07, 6.45) is 2.53. The lowest BCUT2D eigenvalue weighted by molar-refractivity contribution is -0.144. The second-order valence-electron chi connectivity index (χ2n) is 5.59. The summed E-state index contributed by atoms with van der Waals surface area (Å²) in [6.45, 7) is 8.42. The van der Waals surface area contributed by atoms with Crippen LogP contribution in [0.4, 0.5) is 0 Å². The minimum absolute atomic E-state index is 0.0538. The van der Waals surface area contributed by atoms with Crippen LogP contribution < -0.4 is 5.32 Å². The Balaban J connectivity index is 2.77. The molecule has 104 valence electrons. The summed E-state index contributed by atoms with van der Waals surface area (Å²) < 4.78 is 5.85. The number of likely N-dealkylation sites (tertiary alicyclic amines) is 1. The number of carbonyl (C=O) groups is 2. The molecule has 0 bridgehead atoms. The molecule has 1 N–H and O–H groups in total. The Morgan fingerprint density at radius 3 is 2.72 bits per heavy atom. The van der Waals surface area contributed by atoms with Crippen LogP contribution in [0.15, 0.2) is 0 Å². The quantitative estimate of drug-likeness (QED) is 0.595. The molecule has 1 fully saturated rings. The second kappa shape index (κ2) is 6.18. The van der Waals surface area contributed by atoms with Crippen molar-refractivity contribution in [2.75, 3.05) is 6.54 Å². The maximum atomic E-state index is 11.9. The maximum Gasteiger partial charge on any atom is 0.222 e. The van der Waals surface area contributed by atoms with Gasteiger partial charge in [0.1, 0.15) is 0 Å². The first-order valence-electron chi connectivity index (χ1n) is 6.56. The van der Waals surface area contributed by atoms with E-state index in [-0.39, 0.29) is 17.6 Å². The predicted octanol–water partition coefficient (Wildman–Crippen LogP) is 1.27. The number of amides is 2. The molecular formula is C13H24N2O3. The Hall–Kier alpha value is -1.10. The van der Waals surface area contributed by atoms with Gasteiger partial charge < -0.3 is 15.0 Å². The van der Waals surface area contributed by atoms with Crippen LogP contribution in [-0.4, -0.2) is 41.6 Å². The lowest BCUT2D eigenvalue weighted by atomic mass is 10.1. The highest BCUT2D eigenvalue weighted by atomic mass is 16.5. The van der Waals surface area contributed by atoms with Gasteiger partial charge in [-0.25, -0.2) is 0 Å². The molecule has 1 aliphatic rings. The van der Waals surface area contributed by atoms with Crippen LogP contribution in [0.25, 0.3) is 0 Å². The summed E-state index contributed by atoms with van der Waals surface area (Å²) in [4.78, 5) is 24.4. The highest BCUT2D eigenvalue weighted by Gasteiger charge is 2.36. The van der Waals surface area contributed by atoms with Crippen molar-refractivity contribution in [1.82, 2.24) is 10.2 Å². The van der Waals surface area contributed by atoms with Gasteiger partial charge in [-0.2, -0.15) is 0 Å². The summed E-state index contributed by atoms with van der Waals surface area (Å²) >= 11 is 0. The third-order valence-corrected chi connectivity index (χ3v) is 2.98. The Morgan fingerprint density at radius 1 is 1.56 bits per heavy atom. The van der Waals surface area contributed by atoms with Gasteiger partial charge in [-0.05, 0) is 33.6 Å². The molecule has 0 saturated carbocycles. The third-order valence-electron chi connectivity index (χ3n) is 2.98. The van der Waals surface area contributed by atoms with Crippen LogP contribution in [0.3, 0.4) is 0 Å². The van der Waals surface area contributed by atoms with E-state index in [9.17, 15) is 9.59 Å². The monoisotopic (exact) mass is 256 g/mol. The van der Waals surface area contributed by atoms with Crippen molar-refractivity contribution < 1.29 is 14.3 Å². The van der Waals surface area contributed by atoms with Gasteiger partial charge in [-0.1, -0.05) is 6.92 Å². The molecular weight excluding hydrogens is 232 g/mol. The molecule has 1 heterocycles. The largest absolute Gasteiger partial charge is 0.351 e. The van der Waals surface area contributed by atoms with E-state index in [0.29, 0.717) is 12.8 Å². The minimum atomic E-state index is -0.430. The lowest BCUT2D eigenvalue weighted by Gasteiger charge is -2.35. The van der Waals surface area contributed by atoms with Crippen LogP contribution in [0.5, 0.6) is 0 Å². The van der Waals surface area contributed by atoms with Gasteiger partial charge in [0, 0.05) is 13.0 Å². The highest BCUT2D eigenvalue weighted by Crippen LogP contribution is 2.24. The van der Waals surface area contributed by atoms with Crippen molar-refractivity contribution in [3.8, 4) is 0 Å². The summed E-state index contributed by atoms with van der Waals surface area (Å²) in [5.74, 6) is 0.118. The van der Waals surface area contributed by atoms with Crippen LogP contribution in [0, 0.1) is 0 Å². The Morgan fingerprint density at radius 2 is 2.22 bits per heavy atom. The van der Waals surface area contributed by atoms with Crippen molar-refractivity contribution >= 4 is 12.3 Å². The Labute approximate surface area is 109 Å². The summed E-state index contributed by atoms with van der Waals surface area (Å²) in [5.41, 5.74) is -0.357. The summed E-state index contributed by atoms with van der Waals surface area (Å²) in [5, 5.41) is 2.69. The molecule has 0 aliphatic carbocycles. The van der Waals surface area contributed by atoms with Crippen LogP contribution in [0.1, 0.15) is 47.0 Å². The zero-order valence-electron chi connectivity index (χ0n) is 11.7. The Bertz CT molecular complexity index is 299. The van der Waals surface area contributed by atoms with Crippen molar-refractivity contribution in [2.45, 2.75) is 64.8 Å². The first kappa shape index (κ1) is 15.0. The van der Waals surface area contributed by atoms with Crippen LogP contribution in [-0.2, 0) is 14.3 Å². The number of hydrogen-bond donors (Lipinski definition) is 1. The molecule has 1 aliphatic heterocycles. The highest BCUT2D eigenvalue weighted by molar-refractivity contribution is 5.76. The molecule has 1 rings (SSSR count). The van der Waals surface area contributed by atoms with Gasteiger partial charge in [0.2, 0.25) is 12.3 Å². The third kappa shape index (κ3) is 3.98. The number of rotatable bonds is 5. The number of nitrogens with one attached hydrogen (secondary N) is 1. The molecule has 0 aromatic carbocycles. The first-order valence-corrected chi connectivity index (χ1v) is 6.56. The zero-order valence-corrected chi connectivity index (χ0v) is 11.7. The fraction of sp³-hybridized carbons (Fsp3) is 0.846. The van der Waals surface area contributed by atoms with E-state index in [4.69, 9.17) is 4.74 Å². The van der Waals surface area contributed by atoms with Crippen molar-refractivity contribution in [2.24, 2.45) is 0 Å². The number of ether oxygens (including phenoxy) is 1. The fourth-order valence-corrected chi connectivity index (χ4v) is 2.29. The molecule has 18 heavy (non-hydrogen) atoms. The molecule has 0 aromatic rings. The minimum Gasteiger partial charge on any atom is -0.351 e. The first-order chi connectivity index (χ1) is 8.39. The van der Waals surface area contributed by atoms with Crippen molar-refractivity contribution in [3.63, 3.8) is 0 Å². The van der Waals surface area contributed by atoms with E-state index in [0.717, 1.165) is 19.4 Å². The van der Waals surface area contributed by atoms with Gasteiger partial charge in [0.25, 0.3) is 0 Å². The summed E-state index contributed by atoms with van der Waals surface area (Å²) in [6, 6.07) is -0.0538. The smallest absolute Gasteiger partial charge is 0.222 e. The molecule has 5 nitrogen and oxygen atoms in total. The zero-order chi connectivity index (χ0) is 13.8. The van der Waals surface area contributed by atoms with Gasteiger partial charge in [-0.15, -0.1) is 0 Å². The second-order valence-corrected chi connectivity index (χ2v) is 5.59. The molecule has 0 aromatic heterocycles. The van der Waals surface area contributed by atoms with Gasteiger partial charge in [-0.3, -0.25) is 9.59 Å². The van der Waals surface area contributed by atoms with E-state index in [1.165, 1.54) is 0 Å². The average molecular weight is 256 g/mol. The maximum absolute atomic E-state index is 11.9. The van der Waals surface area contributed by atoms with E-state index in [1.807, 2.05) is 32.6 Å². The fourth-order valence-electron chi connectivity index (χ4n) is 2.29. The van der Waals surface area contributed by atoms with E-state index < -0.39 is 6.23 Å². The standard InChI is InChI=1S/C13H24N2O3/c1-5-11(17)15-8-6-7-10(15)12(14-9-16)18-13(2,3)4/h9-10,12H,5-8H2,1-4H3,(H,14,16). The van der Waals surface area contributed by atoms with E-state index >= 15 is 0 Å². The number of hydrogen-bond acceptors (Lipinski definition) is 3. The molecule has 0 spiro atoms. The molecule has 5 heteroatoms. The summed E-state index contributed by atoms with van der Waals surface area (Å²) in [7, 11) is 0.